The molecule has 0 aliphatic rings. The predicted molar refractivity (Wildman–Crippen MR) is 53.2 cm³/mol. The van der Waals surface area contributed by atoms with Gasteiger partial charge in [0, 0.05) is 12.6 Å². The summed E-state index contributed by atoms with van der Waals surface area (Å²) < 4.78 is 0. The normalized spacial score (nSPS) is 11.9. The maximum Gasteiger partial charge on any atom is 0.354 e. The van der Waals surface area contributed by atoms with E-state index in [1.807, 2.05) is 0 Å². The molecule has 0 spiro atoms. The monoisotopic (exact) mass is 209 g/mol. The summed E-state index contributed by atoms with van der Waals surface area (Å²) in [5, 5.41) is 17.9. The van der Waals surface area contributed by atoms with Crippen LogP contribution in [-0.4, -0.2) is 28.3 Å². The first-order valence-electron chi connectivity index (χ1n) is 4.29. The highest BCUT2D eigenvalue weighted by molar-refractivity contribution is 5.96. The van der Waals surface area contributed by atoms with Gasteiger partial charge in [-0.25, -0.2) is 4.79 Å². The van der Waals surface area contributed by atoms with Gasteiger partial charge in [-0.05, 0) is 12.1 Å². The van der Waals surface area contributed by atoms with Gasteiger partial charge in [-0.3, -0.25) is 9.69 Å². The third-order valence-corrected chi connectivity index (χ3v) is 1.84. The van der Waals surface area contributed by atoms with Crippen molar-refractivity contribution in [2.45, 2.75) is 13.2 Å². The van der Waals surface area contributed by atoms with Crippen molar-refractivity contribution in [2.24, 2.45) is 0 Å². The van der Waals surface area contributed by atoms with Crippen LogP contribution < -0.4 is 4.90 Å². The van der Waals surface area contributed by atoms with Crippen LogP contribution in [0.2, 0.25) is 0 Å². The summed E-state index contributed by atoms with van der Waals surface area (Å²) in [4.78, 5) is 22.6. The number of hydrogen-bond donors (Lipinski definition) is 2. The molecule has 0 aliphatic heterocycles. The Bertz CT molecular complexity index is 363. The summed E-state index contributed by atoms with van der Waals surface area (Å²) in [6.07, 6.45) is -1.86. The molecule has 1 atom stereocenters. The van der Waals surface area contributed by atoms with Crippen molar-refractivity contribution in [3.8, 4) is 0 Å². The van der Waals surface area contributed by atoms with Crippen molar-refractivity contribution in [2.75, 3.05) is 4.90 Å². The van der Waals surface area contributed by atoms with Crippen LogP contribution in [0.3, 0.4) is 0 Å². The highest BCUT2D eigenvalue weighted by atomic mass is 16.4. The van der Waals surface area contributed by atoms with Crippen LogP contribution in [0.25, 0.3) is 0 Å². The van der Waals surface area contributed by atoms with Crippen molar-refractivity contribution < 1.29 is 19.8 Å². The second kappa shape index (κ2) is 4.56. The number of carboxylic acids is 1. The van der Waals surface area contributed by atoms with Crippen LogP contribution in [-0.2, 0) is 9.59 Å². The Morgan fingerprint density at radius 1 is 1.27 bits per heavy atom. The Labute approximate surface area is 86.6 Å². The Morgan fingerprint density at radius 3 is 2.20 bits per heavy atom. The predicted octanol–water partition coefficient (Wildman–Crippen LogP) is 0.443. The van der Waals surface area contributed by atoms with E-state index in [0.29, 0.717) is 5.69 Å². The number of nitrogens with zero attached hydrogens (tertiary/aromatic N) is 1. The molecule has 0 saturated heterocycles. The molecular formula is C10H11NO4. The molecule has 1 rings (SSSR count). The van der Waals surface area contributed by atoms with Gasteiger partial charge in [0.25, 0.3) is 0 Å². The maximum absolute atomic E-state index is 11.2. The average molecular weight is 209 g/mol. The molecule has 80 valence electrons. The molecule has 0 radical (unpaired) electrons. The molecule has 0 aromatic heterocycles. The Hall–Kier alpha value is -1.88. The lowest BCUT2D eigenvalue weighted by Crippen LogP contribution is -2.44. The van der Waals surface area contributed by atoms with Crippen LogP contribution in [0, 0.1) is 0 Å². The molecule has 15 heavy (non-hydrogen) atoms. The van der Waals surface area contributed by atoms with Gasteiger partial charge in [0.2, 0.25) is 12.1 Å². The largest absolute Gasteiger partial charge is 0.478 e. The van der Waals surface area contributed by atoms with Gasteiger partial charge in [-0.15, -0.1) is 0 Å². The number of para-hydroxylation sites is 1. The lowest BCUT2D eigenvalue weighted by Gasteiger charge is -2.23. The van der Waals surface area contributed by atoms with Gasteiger partial charge in [-0.1, -0.05) is 18.2 Å². The zero-order chi connectivity index (χ0) is 11.4. The van der Waals surface area contributed by atoms with Gasteiger partial charge in [0.1, 0.15) is 0 Å². The van der Waals surface area contributed by atoms with Gasteiger partial charge in [0.15, 0.2) is 0 Å². The third kappa shape index (κ3) is 2.54. The van der Waals surface area contributed by atoms with Crippen molar-refractivity contribution >= 4 is 17.6 Å². The number of carbonyl (C=O) groups excluding carboxylic acids is 1. The summed E-state index contributed by atoms with van der Waals surface area (Å²) >= 11 is 0. The first-order valence-corrected chi connectivity index (χ1v) is 4.29. The second-order valence-electron chi connectivity index (χ2n) is 2.94. The van der Waals surface area contributed by atoms with E-state index in [1.54, 1.807) is 30.3 Å². The fraction of sp³-hybridized carbons (Fsp3) is 0.200. The highest BCUT2D eigenvalue weighted by Gasteiger charge is 2.26. The summed E-state index contributed by atoms with van der Waals surface area (Å²) in [5.74, 6) is -2.00. The van der Waals surface area contributed by atoms with Gasteiger partial charge in [-0.2, -0.15) is 0 Å². The zero-order valence-electron chi connectivity index (χ0n) is 8.12. The highest BCUT2D eigenvalue weighted by Crippen LogP contribution is 2.15. The first-order chi connectivity index (χ1) is 7.04. The number of hydrogen-bond acceptors (Lipinski definition) is 3. The molecule has 2 N–H and O–H groups in total. The van der Waals surface area contributed by atoms with E-state index in [4.69, 9.17) is 5.11 Å². The number of aliphatic hydroxyl groups is 1. The Kier molecular flexibility index (Phi) is 3.41. The van der Waals surface area contributed by atoms with Gasteiger partial charge >= 0.3 is 5.97 Å². The minimum absolute atomic E-state index is 0.347. The Balaban J connectivity index is 3.04. The molecule has 1 aromatic rings. The molecular weight excluding hydrogens is 198 g/mol. The van der Waals surface area contributed by atoms with Gasteiger partial charge < -0.3 is 10.2 Å². The molecule has 0 aliphatic carbocycles. The van der Waals surface area contributed by atoms with Gasteiger partial charge in [0.05, 0.1) is 0 Å². The van der Waals surface area contributed by atoms with Crippen LogP contribution in [0.5, 0.6) is 0 Å². The lowest BCUT2D eigenvalue weighted by atomic mass is 10.2. The number of aliphatic hydroxyl groups excluding tert-OH is 1. The quantitative estimate of drug-likeness (QED) is 0.708. The van der Waals surface area contributed by atoms with E-state index in [-0.39, 0.29) is 0 Å². The summed E-state index contributed by atoms with van der Waals surface area (Å²) in [7, 11) is 0. The van der Waals surface area contributed by atoms with E-state index in [9.17, 15) is 14.7 Å². The molecule has 0 heterocycles. The molecule has 5 heteroatoms. The maximum atomic E-state index is 11.2. The summed E-state index contributed by atoms with van der Waals surface area (Å²) in [6, 6.07) is 8.13. The number of aliphatic carboxylic acids is 1. The topological polar surface area (TPSA) is 77.8 Å². The second-order valence-corrected chi connectivity index (χ2v) is 2.94. The molecule has 5 nitrogen and oxygen atoms in total. The smallest absolute Gasteiger partial charge is 0.354 e. The van der Waals surface area contributed by atoms with Crippen molar-refractivity contribution in [1.29, 1.82) is 0 Å². The number of benzene rings is 1. The summed E-state index contributed by atoms with van der Waals surface area (Å²) in [5.41, 5.74) is 0.347. The van der Waals surface area contributed by atoms with E-state index < -0.39 is 18.1 Å². The average Bonchev–Trinajstić information content (AvgIpc) is 2.18. The number of rotatable bonds is 3. The molecule has 0 bridgehead atoms. The number of carboxylic acid groups (broad SMARTS) is 1. The molecule has 1 aromatic carbocycles. The van der Waals surface area contributed by atoms with Crippen LogP contribution in [0.1, 0.15) is 6.92 Å². The van der Waals surface area contributed by atoms with E-state index in [0.717, 1.165) is 4.90 Å². The van der Waals surface area contributed by atoms with E-state index in [1.165, 1.54) is 6.92 Å². The minimum Gasteiger partial charge on any atom is -0.478 e. The van der Waals surface area contributed by atoms with E-state index >= 15 is 0 Å². The number of amides is 1. The molecule has 0 saturated carbocycles. The first kappa shape index (κ1) is 11.2. The van der Waals surface area contributed by atoms with Crippen molar-refractivity contribution in [3.63, 3.8) is 0 Å². The van der Waals surface area contributed by atoms with E-state index in [2.05, 4.69) is 0 Å². The standard InChI is InChI=1S/C10H11NO4/c1-7(12)11(9(13)10(14)15)8-5-3-2-4-6-8/h2-6,9,13H,1H3,(H,14,15). The number of carbonyl (C=O) groups is 2. The third-order valence-electron chi connectivity index (χ3n) is 1.84. The Morgan fingerprint density at radius 2 is 1.80 bits per heavy atom. The molecule has 1 unspecified atom stereocenters. The minimum atomic E-state index is -1.86. The number of anilines is 1. The molecule has 1 amide bonds. The van der Waals surface area contributed by atoms with Crippen LogP contribution in [0.4, 0.5) is 5.69 Å². The van der Waals surface area contributed by atoms with Crippen molar-refractivity contribution in [1.82, 2.24) is 0 Å². The molecule has 0 fully saturated rings. The fourth-order valence-corrected chi connectivity index (χ4v) is 1.19. The zero-order valence-corrected chi connectivity index (χ0v) is 8.12. The van der Waals surface area contributed by atoms with Crippen molar-refractivity contribution in [3.05, 3.63) is 30.3 Å². The summed E-state index contributed by atoms with van der Waals surface area (Å²) in [6.45, 7) is 1.19. The van der Waals surface area contributed by atoms with Crippen LogP contribution in [0.15, 0.2) is 30.3 Å². The lowest BCUT2D eigenvalue weighted by molar-refractivity contribution is -0.148. The SMILES string of the molecule is CC(=O)N(c1ccccc1)C(O)C(=O)O. The van der Waals surface area contributed by atoms with Crippen LogP contribution >= 0.6 is 0 Å². The fourth-order valence-electron chi connectivity index (χ4n) is 1.19.